The molecule has 0 aliphatic heterocycles. The van der Waals surface area contributed by atoms with Gasteiger partial charge in [-0.2, -0.15) is 0 Å². The largest absolute Gasteiger partial charge is 0.269 e. The summed E-state index contributed by atoms with van der Waals surface area (Å²) in [6, 6.07) is 6.67. The minimum atomic E-state index is -0.377. The maximum Gasteiger partial charge on any atom is 0.269 e. The summed E-state index contributed by atoms with van der Waals surface area (Å²) in [5.74, 6) is 0. The number of hydrogen-bond donors (Lipinski definition) is 0. The smallest absolute Gasteiger partial charge is 0.258 e. The van der Waals surface area contributed by atoms with Gasteiger partial charge in [0.2, 0.25) is 0 Å². The Hall–Kier alpha value is -2.37. The number of benzene rings is 1. The Bertz CT molecular complexity index is 618. The van der Waals surface area contributed by atoms with Gasteiger partial charge in [-0.05, 0) is 50.0 Å². The molecule has 0 aromatic heterocycles. The second-order valence-electron chi connectivity index (χ2n) is 5.71. The molecular formula is C17H24N3O3+. The van der Waals surface area contributed by atoms with Gasteiger partial charge in [-0.1, -0.05) is 0 Å². The minimum absolute atomic E-state index is 0.115. The molecule has 0 heterocycles. The molecule has 0 N–H and O–H groups in total. The van der Waals surface area contributed by atoms with Crippen molar-refractivity contribution < 1.29 is 14.6 Å². The van der Waals surface area contributed by atoms with Crippen LogP contribution in [0.2, 0.25) is 0 Å². The molecular weight excluding hydrogens is 294 g/mol. The number of rotatable bonds is 5. The molecule has 0 unspecified atom stereocenters. The van der Waals surface area contributed by atoms with Crippen molar-refractivity contribution in [2.45, 2.75) is 32.6 Å². The van der Waals surface area contributed by atoms with Gasteiger partial charge in [-0.3, -0.25) is 10.1 Å². The highest BCUT2D eigenvalue weighted by atomic mass is 16.7. The van der Waals surface area contributed by atoms with Crippen LogP contribution in [-0.4, -0.2) is 41.2 Å². The fourth-order valence-electron chi connectivity index (χ4n) is 2.74. The van der Waals surface area contributed by atoms with E-state index in [1.54, 1.807) is 24.3 Å². The number of hydrazone groups is 1. The third-order valence-electron chi connectivity index (χ3n) is 3.77. The Balaban J connectivity index is 2.36. The highest BCUT2D eigenvalue weighted by Gasteiger charge is 2.27. The van der Waals surface area contributed by atoms with Crippen LogP contribution < -0.4 is 0 Å². The van der Waals surface area contributed by atoms with Crippen LogP contribution in [0.3, 0.4) is 0 Å². The fraction of sp³-hybridized carbons (Fsp3) is 0.471. The molecule has 1 aromatic carbocycles. The number of nitrogens with zero attached hydrogens (tertiary/aromatic N) is 3. The first-order valence-electron chi connectivity index (χ1n) is 7.94. The molecule has 6 nitrogen and oxygen atoms in total. The van der Waals surface area contributed by atoms with E-state index >= 15 is 0 Å². The lowest BCUT2D eigenvalue weighted by atomic mass is 9.91. The molecule has 23 heavy (non-hydrogen) atoms. The lowest BCUT2D eigenvalue weighted by molar-refractivity contribution is -0.889. The third-order valence-corrected chi connectivity index (χ3v) is 3.77. The summed E-state index contributed by atoms with van der Waals surface area (Å²) < 4.78 is 0. The van der Waals surface area contributed by atoms with E-state index in [1.807, 2.05) is 30.9 Å². The lowest BCUT2D eigenvalue weighted by Crippen LogP contribution is -2.35. The Labute approximate surface area is 136 Å². The van der Waals surface area contributed by atoms with Crippen LogP contribution >= 0.6 is 0 Å². The van der Waals surface area contributed by atoms with E-state index < -0.39 is 0 Å². The fourth-order valence-corrected chi connectivity index (χ4v) is 2.74. The summed E-state index contributed by atoms with van der Waals surface area (Å²) in [4.78, 5) is 18.0. The van der Waals surface area contributed by atoms with E-state index in [1.165, 1.54) is 11.3 Å². The summed E-state index contributed by atoms with van der Waals surface area (Å²) in [6.45, 7) is 2.58. The van der Waals surface area contributed by atoms with Crippen molar-refractivity contribution in [2.75, 3.05) is 20.7 Å². The summed E-state index contributed by atoms with van der Waals surface area (Å²) in [5.41, 5.74) is 3.48. The summed E-state index contributed by atoms with van der Waals surface area (Å²) >= 11 is 0. The van der Waals surface area contributed by atoms with Gasteiger partial charge in [-0.25, -0.2) is 4.84 Å². The van der Waals surface area contributed by atoms with Gasteiger partial charge in [0, 0.05) is 24.1 Å². The maximum atomic E-state index is 10.7. The first kappa shape index (κ1) is 17.0. The average molecular weight is 318 g/mol. The van der Waals surface area contributed by atoms with Crippen LogP contribution in [0.25, 0.3) is 6.08 Å². The van der Waals surface area contributed by atoms with E-state index in [-0.39, 0.29) is 10.6 Å². The Morgan fingerprint density at radius 1 is 1.22 bits per heavy atom. The maximum absolute atomic E-state index is 10.7. The van der Waals surface area contributed by atoms with Crippen LogP contribution in [0.15, 0.2) is 29.8 Å². The molecule has 1 fully saturated rings. The lowest BCUT2D eigenvalue weighted by Gasteiger charge is -2.17. The van der Waals surface area contributed by atoms with Crippen LogP contribution in [0.5, 0.6) is 0 Å². The summed E-state index contributed by atoms with van der Waals surface area (Å²) in [5, 5.41) is 12.7. The molecule has 1 aliphatic carbocycles. The second-order valence-corrected chi connectivity index (χ2v) is 5.71. The molecule has 6 heteroatoms. The van der Waals surface area contributed by atoms with Crippen molar-refractivity contribution in [1.82, 2.24) is 5.01 Å². The normalized spacial score (nSPS) is 18.7. The molecule has 1 aromatic rings. The number of nitro benzene ring substituents is 1. The van der Waals surface area contributed by atoms with E-state index in [9.17, 15) is 10.1 Å². The van der Waals surface area contributed by atoms with Gasteiger partial charge in [0.25, 0.3) is 11.4 Å². The number of hydrogen-bond acceptors (Lipinski definition) is 4. The molecule has 0 amide bonds. The quantitative estimate of drug-likeness (QED) is 0.474. The average Bonchev–Trinajstić information content (AvgIpc) is 2.53. The zero-order valence-electron chi connectivity index (χ0n) is 14.0. The Kier molecular flexibility index (Phi) is 5.73. The van der Waals surface area contributed by atoms with Gasteiger partial charge in [0.05, 0.1) is 23.9 Å². The molecule has 0 atom stereocenters. The van der Waals surface area contributed by atoms with Crippen LogP contribution in [0.1, 0.15) is 38.2 Å². The van der Waals surface area contributed by atoms with Crippen LogP contribution in [0.4, 0.5) is 5.69 Å². The Morgan fingerprint density at radius 2 is 1.87 bits per heavy atom. The highest BCUT2D eigenvalue weighted by Crippen LogP contribution is 2.24. The van der Waals surface area contributed by atoms with Crippen molar-refractivity contribution in [3.63, 3.8) is 0 Å². The third kappa shape index (κ3) is 4.31. The molecule has 1 saturated carbocycles. The number of nitro groups is 1. The standard InChI is InChI=1S/C17H24N3O3/c1-4-23-19(18(2)3)17-8-6-5-7-15(17)13-14-9-11-16(12-10-14)20(21)22/h9-13H,4-8H2,1-3H3/q+1. The summed E-state index contributed by atoms with van der Waals surface area (Å²) in [7, 11) is 3.92. The van der Waals surface area contributed by atoms with Crippen molar-refractivity contribution in [2.24, 2.45) is 0 Å². The van der Waals surface area contributed by atoms with Gasteiger partial charge >= 0.3 is 0 Å². The van der Waals surface area contributed by atoms with Crippen molar-refractivity contribution in [3.8, 4) is 0 Å². The van der Waals surface area contributed by atoms with Crippen molar-refractivity contribution in [1.29, 1.82) is 0 Å². The predicted molar refractivity (Wildman–Crippen MR) is 90.1 cm³/mol. The molecule has 0 saturated heterocycles. The topological polar surface area (TPSA) is 58.6 Å². The molecule has 0 spiro atoms. The van der Waals surface area contributed by atoms with E-state index in [2.05, 4.69) is 6.08 Å². The van der Waals surface area contributed by atoms with Crippen molar-refractivity contribution in [3.05, 3.63) is 45.5 Å². The SMILES string of the molecule is CCO[N+](=C1CCCCC1=Cc1ccc([N+](=O)[O-])cc1)N(C)C. The van der Waals surface area contributed by atoms with Crippen LogP contribution in [0, 0.1) is 10.1 Å². The summed E-state index contributed by atoms with van der Waals surface area (Å²) in [6.07, 6.45) is 6.36. The molecule has 124 valence electrons. The zero-order chi connectivity index (χ0) is 16.8. The zero-order valence-corrected chi connectivity index (χ0v) is 14.0. The first-order valence-corrected chi connectivity index (χ1v) is 7.94. The van der Waals surface area contributed by atoms with Gasteiger partial charge in [0.15, 0.2) is 6.61 Å². The van der Waals surface area contributed by atoms with Crippen molar-refractivity contribution >= 4 is 17.5 Å². The molecule has 2 rings (SSSR count). The number of non-ortho nitro benzene ring substituents is 1. The van der Waals surface area contributed by atoms with Gasteiger partial charge in [0.1, 0.15) is 0 Å². The number of hydrazine groups is 1. The number of allylic oxidation sites excluding steroid dienone is 1. The van der Waals surface area contributed by atoms with E-state index in [0.29, 0.717) is 6.61 Å². The van der Waals surface area contributed by atoms with E-state index in [4.69, 9.17) is 4.84 Å². The first-order chi connectivity index (χ1) is 11.0. The minimum Gasteiger partial charge on any atom is -0.258 e. The Morgan fingerprint density at radius 3 is 2.43 bits per heavy atom. The molecule has 0 radical (unpaired) electrons. The van der Waals surface area contributed by atoms with Crippen LogP contribution in [-0.2, 0) is 4.84 Å². The van der Waals surface area contributed by atoms with Gasteiger partial charge in [-0.15, -0.1) is 5.01 Å². The monoisotopic (exact) mass is 318 g/mol. The van der Waals surface area contributed by atoms with Gasteiger partial charge < -0.3 is 0 Å². The molecule has 0 bridgehead atoms. The highest BCUT2D eigenvalue weighted by molar-refractivity contribution is 6.00. The molecule has 1 aliphatic rings. The second kappa shape index (κ2) is 7.76. The predicted octanol–water partition coefficient (Wildman–Crippen LogP) is 3.43. The van der Waals surface area contributed by atoms with E-state index in [0.717, 1.165) is 31.2 Å².